The fraction of sp³-hybridized carbons (Fsp3) is 0.364. The lowest BCUT2D eigenvalue weighted by molar-refractivity contribution is 0.318. The second-order valence-corrected chi connectivity index (χ2v) is 2.81. The van der Waals surface area contributed by atoms with Crippen molar-refractivity contribution in [3.05, 3.63) is 35.4 Å². The Kier molecular flexibility index (Phi) is 5.81. The molecule has 0 fully saturated rings. The van der Waals surface area contributed by atoms with Gasteiger partial charge in [-0.3, -0.25) is 0 Å². The molecule has 0 unspecified atom stereocenters. The smallest absolute Gasteiger partial charge is 0.0402 e. The van der Waals surface area contributed by atoms with Crippen LogP contribution in [-0.4, -0.2) is 17.4 Å². The van der Waals surface area contributed by atoms with E-state index in [4.69, 9.17) is 10.5 Å². The predicted molar refractivity (Wildman–Crippen MR) is 56.4 cm³/mol. The highest BCUT2D eigenvalue weighted by Crippen LogP contribution is 2.02. The van der Waals surface area contributed by atoms with Crippen LogP contribution < -0.4 is 0 Å². The maximum atomic E-state index is 7.57. The van der Waals surface area contributed by atoms with Crippen molar-refractivity contribution in [1.29, 1.82) is 5.41 Å². The van der Waals surface area contributed by atoms with Crippen molar-refractivity contribution in [3.8, 4) is 0 Å². The summed E-state index contributed by atoms with van der Waals surface area (Å²) in [5.74, 6) is 0. The van der Waals surface area contributed by atoms with E-state index in [1.54, 1.807) is 13.8 Å². The monoisotopic (exact) mass is 179 g/mol. The Balaban J connectivity index is 0.000000424. The molecule has 1 aromatic rings. The van der Waals surface area contributed by atoms with E-state index in [0.717, 1.165) is 5.56 Å². The molecule has 2 heteroatoms. The van der Waals surface area contributed by atoms with Crippen LogP contribution in [0.2, 0.25) is 0 Å². The second kappa shape index (κ2) is 6.38. The average molecular weight is 179 g/mol. The largest absolute Gasteiger partial charge is 0.397 e. The molecule has 13 heavy (non-hydrogen) atoms. The number of aliphatic hydroxyl groups excluding tert-OH is 1. The molecule has 0 bridgehead atoms. The highest BCUT2D eigenvalue weighted by atomic mass is 16.2. The van der Waals surface area contributed by atoms with E-state index < -0.39 is 0 Å². The fourth-order valence-corrected chi connectivity index (χ4v) is 0.804. The highest BCUT2D eigenvalue weighted by molar-refractivity contribution is 5.96. The molecule has 0 aromatic heterocycles. The lowest BCUT2D eigenvalue weighted by atomic mass is 10.1. The van der Waals surface area contributed by atoms with Gasteiger partial charge in [-0.25, -0.2) is 0 Å². The second-order valence-electron chi connectivity index (χ2n) is 2.81. The van der Waals surface area contributed by atoms with Gasteiger partial charge in [0, 0.05) is 12.3 Å². The molecule has 0 saturated carbocycles. The van der Waals surface area contributed by atoms with Gasteiger partial charge in [0.25, 0.3) is 0 Å². The maximum Gasteiger partial charge on any atom is 0.0402 e. The minimum absolute atomic E-state index is 0.250. The molecule has 2 N–H and O–H groups in total. The summed E-state index contributed by atoms with van der Waals surface area (Å²) in [5, 5.41) is 14.9. The van der Waals surface area contributed by atoms with Crippen LogP contribution in [-0.2, 0) is 0 Å². The summed E-state index contributed by atoms with van der Waals surface area (Å²) in [6.45, 7) is 5.77. The van der Waals surface area contributed by atoms with Gasteiger partial charge in [0.05, 0.1) is 0 Å². The predicted octanol–water partition coefficient (Wildman–Crippen LogP) is 2.38. The zero-order valence-corrected chi connectivity index (χ0v) is 8.46. The molecule has 1 aromatic carbocycles. The van der Waals surface area contributed by atoms with Gasteiger partial charge in [0.15, 0.2) is 0 Å². The first-order valence-electron chi connectivity index (χ1n) is 4.34. The van der Waals surface area contributed by atoms with Gasteiger partial charge >= 0.3 is 0 Å². The molecule has 0 spiro atoms. The first-order chi connectivity index (χ1) is 6.11. The molecule has 0 radical (unpaired) electrons. The van der Waals surface area contributed by atoms with E-state index >= 15 is 0 Å². The van der Waals surface area contributed by atoms with Crippen molar-refractivity contribution in [2.75, 3.05) is 6.61 Å². The molecule has 0 aliphatic rings. The lowest BCUT2D eigenvalue weighted by Gasteiger charge is -1.96. The van der Waals surface area contributed by atoms with Crippen molar-refractivity contribution < 1.29 is 5.11 Å². The van der Waals surface area contributed by atoms with Crippen LogP contribution in [0, 0.1) is 12.3 Å². The van der Waals surface area contributed by atoms with Crippen LogP contribution in [0.1, 0.15) is 25.0 Å². The molecular weight excluding hydrogens is 162 g/mol. The quantitative estimate of drug-likeness (QED) is 0.639. The summed E-state index contributed by atoms with van der Waals surface area (Å²) < 4.78 is 0. The van der Waals surface area contributed by atoms with E-state index in [2.05, 4.69) is 0 Å². The van der Waals surface area contributed by atoms with Crippen molar-refractivity contribution >= 4 is 5.71 Å². The van der Waals surface area contributed by atoms with E-state index in [1.165, 1.54) is 5.56 Å². The van der Waals surface area contributed by atoms with E-state index in [1.807, 2.05) is 31.2 Å². The van der Waals surface area contributed by atoms with Crippen LogP contribution in [0.4, 0.5) is 0 Å². The molecule has 0 aliphatic carbocycles. The maximum absolute atomic E-state index is 7.57. The Hall–Kier alpha value is -1.15. The van der Waals surface area contributed by atoms with Crippen LogP contribution in [0.5, 0.6) is 0 Å². The number of aryl methyl sites for hydroxylation is 1. The van der Waals surface area contributed by atoms with Gasteiger partial charge in [0.2, 0.25) is 0 Å². The number of hydrogen-bond acceptors (Lipinski definition) is 2. The first kappa shape index (κ1) is 11.8. The molecule has 2 nitrogen and oxygen atoms in total. The van der Waals surface area contributed by atoms with Gasteiger partial charge < -0.3 is 10.5 Å². The standard InChI is InChI=1S/C9H11N.C2H6O/c1-7-3-5-9(6-4-7)8(2)10;1-2-3/h3-6,10H,1-2H3;3H,2H2,1H3. The third-order valence-electron chi connectivity index (χ3n) is 1.48. The minimum Gasteiger partial charge on any atom is -0.397 e. The number of hydrogen-bond donors (Lipinski definition) is 2. The summed E-state index contributed by atoms with van der Waals surface area (Å²) >= 11 is 0. The van der Waals surface area contributed by atoms with Crippen molar-refractivity contribution in [2.45, 2.75) is 20.8 Å². The molecule has 0 atom stereocenters. The topological polar surface area (TPSA) is 44.1 Å². The SMILES string of the molecule is CC(=N)c1ccc(C)cc1.CCO. The average Bonchev–Trinajstić information content (AvgIpc) is 2.06. The molecule has 1 rings (SSSR count). The highest BCUT2D eigenvalue weighted by Gasteiger charge is 1.91. The van der Waals surface area contributed by atoms with Crippen molar-refractivity contribution in [3.63, 3.8) is 0 Å². The Bertz CT molecular complexity index is 251. The van der Waals surface area contributed by atoms with Gasteiger partial charge in [-0.1, -0.05) is 29.8 Å². The molecule has 72 valence electrons. The Morgan fingerprint density at radius 3 is 2.00 bits per heavy atom. The van der Waals surface area contributed by atoms with Crippen LogP contribution in [0.3, 0.4) is 0 Å². The normalized spacial score (nSPS) is 8.62. The van der Waals surface area contributed by atoms with Gasteiger partial charge in [-0.15, -0.1) is 0 Å². The van der Waals surface area contributed by atoms with E-state index in [0.29, 0.717) is 5.71 Å². The third kappa shape index (κ3) is 5.15. The minimum atomic E-state index is 0.250. The van der Waals surface area contributed by atoms with E-state index in [9.17, 15) is 0 Å². The lowest BCUT2D eigenvalue weighted by Crippen LogP contribution is -1.90. The molecular formula is C11H17NO. The summed E-state index contributed by atoms with van der Waals surface area (Å²) in [7, 11) is 0. The number of aliphatic hydroxyl groups is 1. The number of benzene rings is 1. The summed E-state index contributed by atoms with van der Waals surface area (Å²) in [6.07, 6.45) is 0. The van der Waals surface area contributed by atoms with Crippen LogP contribution >= 0.6 is 0 Å². The van der Waals surface area contributed by atoms with Crippen LogP contribution in [0.15, 0.2) is 24.3 Å². The summed E-state index contributed by atoms with van der Waals surface area (Å²) in [6, 6.07) is 7.98. The Morgan fingerprint density at radius 1 is 1.31 bits per heavy atom. The van der Waals surface area contributed by atoms with E-state index in [-0.39, 0.29) is 6.61 Å². The fourth-order valence-electron chi connectivity index (χ4n) is 0.804. The Labute approximate surface area is 79.7 Å². The third-order valence-corrected chi connectivity index (χ3v) is 1.48. The van der Waals surface area contributed by atoms with Crippen molar-refractivity contribution in [1.82, 2.24) is 0 Å². The summed E-state index contributed by atoms with van der Waals surface area (Å²) in [5.41, 5.74) is 2.87. The van der Waals surface area contributed by atoms with Gasteiger partial charge in [-0.05, 0) is 26.3 Å². The number of rotatable bonds is 1. The first-order valence-corrected chi connectivity index (χ1v) is 4.34. The molecule has 0 heterocycles. The van der Waals surface area contributed by atoms with Gasteiger partial charge in [-0.2, -0.15) is 0 Å². The van der Waals surface area contributed by atoms with Gasteiger partial charge in [0.1, 0.15) is 0 Å². The number of nitrogens with one attached hydrogen (secondary N) is 1. The Morgan fingerprint density at radius 2 is 1.69 bits per heavy atom. The molecule has 0 aliphatic heterocycles. The van der Waals surface area contributed by atoms with Crippen LogP contribution in [0.25, 0.3) is 0 Å². The summed E-state index contributed by atoms with van der Waals surface area (Å²) in [4.78, 5) is 0. The molecule has 0 amide bonds. The zero-order valence-electron chi connectivity index (χ0n) is 8.46. The van der Waals surface area contributed by atoms with Crippen molar-refractivity contribution in [2.24, 2.45) is 0 Å². The molecule has 0 saturated heterocycles. The zero-order chi connectivity index (χ0) is 10.3.